The molecule has 0 saturated carbocycles. The van der Waals surface area contributed by atoms with E-state index in [0.29, 0.717) is 18.7 Å². The normalized spacial score (nSPS) is 18.2. The summed E-state index contributed by atoms with van der Waals surface area (Å²) in [5, 5.41) is 4.14. The van der Waals surface area contributed by atoms with Crippen molar-refractivity contribution in [2.45, 2.75) is 25.1 Å². The van der Waals surface area contributed by atoms with Crippen LogP contribution >= 0.6 is 0 Å². The van der Waals surface area contributed by atoms with Crippen molar-refractivity contribution in [1.82, 2.24) is 24.3 Å². The van der Waals surface area contributed by atoms with Gasteiger partial charge in [0.15, 0.2) is 0 Å². The number of carbonyl (C=O) groups excluding carboxylic acids is 1. The van der Waals surface area contributed by atoms with Gasteiger partial charge in [-0.05, 0) is 54.9 Å². The van der Waals surface area contributed by atoms with Gasteiger partial charge in [-0.15, -0.1) is 0 Å². The molecule has 192 valence electrons. The number of benzene rings is 1. The number of halogens is 1. The van der Waals surface area contributed by atoms with E-state index in [1.807, 2.05) is 56.8 Å². The van der Waals surface area contributed by atoms with Crippen molar-refractivity contribution in [3.05, 3.63) is 77.7 Å². The molecule has 0 bridgehead atoms. The van der Waals surface area contributed by atoms with Gasteiger partial charge in [0.2, 0.25) is 0 Å². The summed E-state index contributed by atoms with van der Waals surface area (Å²) in [5.74, 6) is -0.205. The monoisotopic (exact) mass is 500 g/mol. The molecule has 0 aliphatic carbocycles. The van der Waals surface area contributed by atoms with Gasteiger partial charge in [0, 0.05) is 75.6 Å². The lowest BCUT2D eigenvalue weighted by Gasteiger charge is -2.35. The van der Waals surface area contributed by atoms with E-state index in [1.54, 1.807) is 31.1 Å². The predicted molar refractivity (Wildman–Crippen MR) is 145 cm³/mol. The predicted octanol–water partition coefficient (Wildman–Crippen LogP) is 4.71. The van der Waals surface area contributed by atoms with Gasteiger partial charge in [-0.25, -0.2) is 9.37 Å². The highest BCUT2D eigenvalue weighted by Gasteiger charge is 2.31. The van der Waals surface area contributed by atoms with Crippen LogP contribution in [-0.2, 0) is 13.6 Å². The molecule has 0 spiro atoms. The Morgan fingerprint density at radius 2 is 1.92 bits per heavy atom. The number of pyridine rings is 2. The van der Waals surface area contributed by atoms with Crippen molar-refractivity contribution < 1.29 is 9.18 Å². The minimum Gasteiger partial charge on any atom is -0.387 e. The summed E-state index contributed by atoms with van der Waals surface area (Å²) in [5.41, 5.74) is 6.46. The lowest BCUT2D eigenvalue weighted by molar-refractivity contribution is 0.0827. The molecular formula is C29H33FN6O. The molecule has 1 fully saturated rings. The first-order chi connectivity index (χ1) is 17.9. The third-order valence-corrected chi connectivity index (χ3v) is 7.36. The van der Waals surface area contributed by atoms with Gasteiger partial charge in [0.25, 0.3) is 5.91 Å². The lowest BCUT2D eigenvalue weighted by atomic mass is 9.87. The van der Waals surface area contributed by atoms with Crippen molar-refractivity contribution in [1.29, 1.82) is 0 Å². The maximum absolute atomic E-state index is 15.4. The fourth-order valence-electron chi connectivity index (χ4n) is 5.19. The van der Waals surface area contributed by atoms with Gasteiger partial charge >= 0.3 is 0 Å². The molecule has 4 heterocycles. The maximum Gasteiger partial charge on any atom is 0.253 e. The van der Waals surface area contributed by atoms with Crippen molar-refractivity contribution >= 4 is 22.6 Å². The van der Waals surface area contributed by atoms with Crippen molar-refractivity contribution in [2.24, 2.45) is 7.05 Å². The molecule has 0 radical (unpaired) electrons. The summed E-state index contributed by atoms with van der Waals surface area (Å²) in [7, 11) is 7.35. The molecule has 1 aliphatic heterocycles. The number of rotatable bonds is 6. The number of hydrogen-bond acceptors (Lipinski definition) is 5. The number of nitrogens with one attached hydrogen (secondary N) is 1. The first-order valence-electron chi connectivity index (χ1n) is 12.6. The number of aryl methyl sites for hydroxylation is 1. The number of alkyl halides is 1. The second-order valence-corrected chi connectivity index (χ2v) is 9.94. The number of hydrogen-bond donors (Lipinski definition) is 1. The topological polar surface area (TPSA) is 66.3 Å². The Hall–Kier alpha value is -3.78. The third kappa shape index (κ3) is 4.93. The Kier molecular flexibility index (Phi) is 6.93. The van der Waals surface area contributed by atoms with Crippen LogP contribution in [-0.4, -0.2) is 70.6 Å². The van der Waals surface area contributed by atoms with Crippen LogP contribution in [0.2, 0.25) is 0 Å². The second-order valence-electron chi connectivity index (χ2n) is 9.94. The van der Waals surface area contributed by atoms with Gasteiger partial charge in [-0.1, -0.05) is 12.1 Å². The number of likely N-dealkylation sites (tertiary alicyclic amines) is 1. The summed E-state index contributed by atoms with van der Waals surface area (Å²) in [6, 6.07) is 15.6. The average Bonchev–Trinajstić information content (AvgIpc) is 3.23. The summed E-state index contributed by atoms with van der Waals surface area (Å²) in [6.07, 6.45) is 3.40. The molecule has 1 aliphatic rings. The van der Waals surface area contributed by atoms with E-state index >= 15 is 4.39 Å². The van der Waals surface area contributed by atoms with Crippen LogP contribution in [0.1, 0.15) is 34.0 Å². The Morgan fingerprint density at radius 3 is 2.57 bits per heavy atom. The Labute approximate surface area is 216 Å². The highest BCUT2D eigenvalue weighted by Crippen LogP contribution is 2.33. The zero-order valence-corrected chi connectivity index (χ0v) is 21.8. The molecule has 5 rings (SSSR count). The molecule has 1 saturated heterocycles. The second kappa shape index (κ2) is 10.3. The van der Waals surface area contributed by atoms with Crippen LogP contribution < -0.4 is 5.32 Å². The highest BCUT2D eigenvalue weighted by molar-refractivity contribution is 5.94. The maximum atomic E-state index is 15.4. The van der Waals surface area contributed by atoms with Gasteiger partial charge in [0.1, 0.15) is 11.8 Å². The fraction of sp³-hybridized carbons (Fsp3) is 0.345. The molecule has 0 unspecified atom stereocenters. The number of anilines is 1. The largest absolute Gasteiger partial charge is 0.387 e. The molecule has 7 nitrogen and oxygen atoms in total. The van der Waals surface area contributed by atoms with Crippen molar-refractivity contribution in [3.8, 4) is 11.3 Å². The van der Waals surface area contributed by atoms with Crippen molar-refractivity contribution in [2.75, 3.05) is 39.5 Å². The molecule has 1 aromatic carbocycles. The number of nitrogens with zero attached hydrogens (tertiary/aromatic N) is 5. The third-order valence-electron chi connectivity index (χ3n) is 7.36. The zero-order valence-electron chi connectivity index (χ0n) is 21.8. The average molecular weight is 501 g/mol. The molecule has 1 amide bonds. The SMILES string of the molecule is CNc1ccc(-c2ccnc3c2cc(CN2CC[C@@H](c4ccc(C(=O)N(C)C)cc4)[C@H](F)C2)n3C)nc1. The van der Waals surface area contributed by atoms with E-state index in [-0.39, 0.29) is 11.8 Å². The van der Waals surface area contributed by atoms with E-state index in [2.05, 4.69) is 30.8 Å². The molecule has 3 aromatic heterocycles. The first-order valence-corrected chi connectivity index (χ1v) is 12.6. The molecule has 37 heavy (non-hydrogen) atoms. The van der Waals surface area contributed by atoms with Crippen LogP contribution in [0.15, 0.2) is 60.9 Å². The summed E-state index contributed by atoms with van der Waals surface area (Å²) >= 11 is 0. The van der Waals surface area contributed by atoms with E-state index < -0.39 is 6.17 Å². The van der Waals surface area contributed by atoms with E-state index in [1.165, 1.54) is 0 Å². The number of piperidine rings is 1. The number of amides is 1. The molecule has 2 atom stereocenters. The Bertz CT molecular complexity index is 1400. The zero-order chi connectivity index (χ0) is 26.1. The van der Waals surface area contributed by atoms with E-state index in [4.69, 9.17) is 0 Å². The fourth-order valence-corrected chi connectivity index (χ4v) is 5.19. The molecule has 8 heteroatoms. The summed E-state index contributed by atoms with van der Waals surface area (Å²) < 4.78 is 17.5. The van der Waals surface area contributed by atoms with Gasteiger partial charge < -0.3 is 14.8 Å². The van der Waals surface area contributed by atoms with Gasteiger partial charge in [-0.2, -0.15) is 0 Å². The molecular weight excluding hydrogens is 467 g/mol. The van der Waals surface area contributed by atoms with Crippen LogP contribution in [0.25, 0.3) is 22.3 Å². The van der Waals surface area contributed by atoms with Gasteiger partial charge in [-0.3, -0.25) is 14.7 Å². The standard InChI is InChI=1S/C29H33FN6O/c1-31-21-9-10-27(33-16-21)24-11-13-32-28-25(24)15-22(35(28)4)17-36-14-12-23(26(30)18-36)19-5-7-20(8-6-19)29(37)34(2)3/h5-11,13,15-16,23,26,31H,12,14,17-18H2,1-4H3/t23-,26+/m0/s1. The minimum absolute atomic E-state index is 0.0449. The molecule has 1 N–H and O–H groups in total. The first kappa shape index (κ1) is 24.9. The summed E-state index contributed by atoms with van der Waals surface area (Å²) in [4.78, 5) is 25.1. The Balaban J connectivity index is 1.31. The number of carbonyl (C=O) groups is 1. The van der Waals surface area contributed by atoms with Crippen LogP contribution in [0, 0.1) is 0 Å². The van der Waals surface area contributed by atoms with Gasteiger partial charge in [0.05, 0.1) is 17.6 Å². The highest BCUT2D eigenvalue weighted by atomic mass is 19.1. The van der Waals surface area contributed by atoms with Crippen LogP contribution in [0.4, 0.5) is 10.1 Å². The Morgan fingerprint density at radius 1 is 1.14 bits per heavy atom. The minimum atomic E-state index is -0.970. The van der Waals surface area contributed by atoms with Crippen molar-refractivity contribution in [3.63, 3.8) is 0 Å². The smallest absolute Gasteiger partial charge is 0.253 e. The van der Waals surface area contributed by atoms with Crippen LogP contribution in [0.5, 0.6) is 0 Å². The summed E-state index contributed by atoms with van der Waals surface area (Å²) in [6.45, 7) is 1.83. The number of fused-ring (bicyclic) bond motifs is 1. The van der Waals surface area contributed by atoms with E-state index in [0.717, 1.165) is 52.2 Å². The lowest BCUT2D eigenvalue weighted by Crippen LogP contribution is -2.40. The van der Waals surface area contributed by atoms with Crippen LogP contribution in [0.3, 0.4) is 0 Å². The number of aromatic nitrogens is 3. The van der Waals surface area contributed by atoms with E-state index in [9.17, 15) is 4.79 Å². The quantitative estimate of drug-likeness (QED) is 0.416. The molecule has 4 aromatic rings.